The van der Waals surface area contributed by atoms with E-state index in [0.717, 1.165) is 26.0 Å². The average molecular weight is 280 g/mol. The van der Waals surface area contributed by atoms with E-state index in [0.29, 0.717) is 17.4 Å². The van der Waals surface area contributed by atoms with E-state index in [1.807, 2.05) is 0 Å². The van der Waals surface area contributed by atoms with E-state index < -0.39 is 0 Å². The van der Waals surface area contributed by atoms with Gasteiger partial charge in [-0.05, 0) is 51.5 Å². The van der Waals surface area contributed by atoms with Gasteiger partial charge in [-0.1, -0.05) is 20.8 Å². The summed E-state index contributed by atoms with van der Waals surface area (Å²) in [5, 5.41) is 9.41. The van der Waals surface area contributed by atoms with Gasteiger partial charge in [0.2, 0.25) is 0 Å². The van der Waals surface area contributed by atoms with Crippen LogP contribution in [-0.2, 0) is 4.74 Å². The smallest absolute Gasteiger partial charge is 0.0672 e. The van der Waals surface area contributed by atoms with E-state index >= 15 is 0 Å². The molecule has 1 fully saturated rings. The quantitative estimate of drug-likeness (QED) is 0.770. The summed E-state index contributed by atoms with van der Waals surface area (Å²) in [6.45, 7) is 12.8. The number of ether oxygens (including phenoxy) is 1. The van der Waals surface area contributed by atoms with Gasteiger partial charge in [-0.3, -0.25) is 4.90 Å². The molecule has 0 aromatic carbocycles. The summed E-state index contributed by atoms with van der Waals surface area (Å²) in [5.41, 5.74) is 0.341. The van der Waals surface area contributed by atoms with Crippen LogP contribution >= 0.6 is 0 Å². The number of hydrogen-bond acceptors (Lipinski definition) is 3. The van der Waals surface area contributed by atoms with Crippen molar-refractivity contribution in [3.8, 4) is 6.07 Å². The summed E-state index contributed by atoms with van der Waals surface area (Å²) < 4.78 is 5.64. The van der Waals surface area contributed by atoms with Crippen molar-refractivity contribution in [1.29, 1.82) is 5.26 Å². The van der Waals surface area contributed by atoms with Crippen LogP contribution in [0.15, 0.2) is 0 Å². The largest absolute Gasteiger partial charge is 0.377 e. The molecule has 0 aromatic rings. The molecule has 0 radical (unpaired) electrons. The van der Waals surface area contributed by atoms with Crippen LogP contribution < -0.4 is 0 Å². The SMILES string of the molecule is CC(C)OCCN(C)C1CC(C(C)(C)C)CCC1C#N. The molecule has 3 unspecified atom stereocenters. The minimum absolute atomic E-state index is 0.178. The molecule has 3 heteroatoms. The van der Waals surface area contributed by atoms with Gasteiger partial charge in [-0.25, -0.2) is 0 Å². The Balaban J connectivity index is 2.60. The zero-order valence-electron chi connectivity index (χ0n) is 14.1. The third-order valence-electron chi connectivity index (χ3n) is 4.67. The predicted molar refractivity (Wildman–Crippen MR) is 83.4 cm³/mol. The van der Waals surface area contributed by atoms with Crippen molar-refractivity contribution in [3.63, 3.8) is 0 Å². The van der Waals surface area contributed by atoms with Crippen molar-refractivity contribution in [3.05, 3.63) is 0 Å². The van der Waals surface area contributed by atoms with E-state index in [-0.39, 0.29) is 12.0 Å². The van der Waals surface area contributed by atoms with E-state index in [1.165, 1.54) is 6.42 Å². The molecule has 116 valence electrons. The summed E-state index contributed by atoms with van der Waals surface area (Å²) in [7, 11) is 2.14. The van der Waals surface area contributed by atoms with E-state index in [1.54, 1.807) is 0 Å². The van der Waals surface area contributed by atoms with Crippen molar-refractivity contribution in [2.75, 3.05) is 20.2 Å². The molecule has 1 saturated carbocycles. The van der Waals surface area contributed by atoms with Gasteiger partial charge < -0.3 is 4.74 Å². The Labute approximate surface area is 125 Å². The summed E-state index contributed by atoms with van der Waals surface area (Å²) in [6, 6.07) is 2.91. The van der Waals surface area contributed by atoms with Crippen molar-refractivity contribution in [2.24, 2.45) is 17.3 Å². The molecule has 20 heavy (non-hydrogen) atoms. The number of likely N-dealkylation sites (N-methyl/N-ethyl adjacent to an activating group) is 1. The Hall–Kier alpha value is -0.590. The zero-order valence-corrected chi connectivity index (χ0v) is 14.1. The van der Waals surface area contributed by atoms with Crippen molar-refractivity contribution < 1.29 is 4.74 Å². The normalized spacial score (nSPS) is 27.9. The Morgan fingerprint density at radius 3 is 2.45 bits per heavy atom. The molecule has 1 aliphatic carbocycles. The van der Waals surface area contributed by atoms with E-state index in [4.69, 9.17) is 4.74 Å². The van der Waals surface area contributed by atoms with Gasteiger partial charge in [0.05, 0.1) is 24.7 Å². The second-order valence-electron chi connectivity index (χ2n) is 7.58. The molecule has 3 atom stereocenters. The predicted octanol–water partition coefficient (Wildman–Crippen LogP) is 3.70. The lowest BCUT2D eigenvalue weighted by Gasteiger charge is -2.43. The molecule has 0 aliphatic heterocycles. The van der Waals surface area contributed by atoms with Crippen LogP contribution in [0, 0.1) is 28.6 Å². The van der Waals surface area contributed by atoms with Crippen molar-refractivity contribution in [1.82, 2.24) is 4.90 Å². The maximum absolute atomic E-state index is 9.41. The minimum Gasteiger partial charge on any atom is -0.377 e. The lowest BCUT2D eigenvalue weighted by Crippen LogP contribution is -2.45. The van der Waals surface area contributed by atoms with Gasteiger partial charge in [0.15, 0.2) is 0 Å². The number of rotatable bonds is 5. The molecule has 0 saturated heterocycles. The van der Waals surface area contributed by atoms with E-state index in [2.05, 4.69) is 52.6 Å². The van der Waals surface area contributed by atoms with Crippen LogP contribution in [0.25, 0.3) is 0 Å². The van der Waals surface area contributed by atoms with Crippen LogP contribution in [-0.4, -0.2) is 37.2 Å². The fourth-order valence-corrected chi connectivity index (χ4v) is 3.17. The molecule has 0 bridgehead atoms. The number of nitriles is 1. The Morgan fingerprint density at radius 2 is 1.95 bits per heavy atom. The molecular weight excluding hydrogens is 248 g/mol. The highest BCUT2D eigenvalue weighted by Crippen LogP contribution is 2.41. The summed E-state index contributed by atoms with van der Waals surface area (Å²) >= 11 is 0. The van der Waals surface area contributed by atoms with Crippen LogP contribution in [0.4, 0.5) is 0 Å². The molecule has 0 amide bonds. The molecule has 1 aliphatic rings. The van der Waals surface area contributed by atoms with Gasteiger partial charge in [0.25, 0.3) is 0 Å². The molecular formula is C17H32N2O. The first-order valence-electron chi connectivity index (χ1n) is 7.97. The summed E-state index contributed by atoms with van der Waals surface area (Å²) in [5.74, 6) is 0.892. The molecule has 0 heterocycles. The topological polar surface area (TPSA) is 36.3 Å². The maximum atomic E-state index is 9.41. The molecule has 1 rings (SSSR count). The average Bonchev–Trinajstić information content (AvgIpc) is 2.36. The highest BCUT2D eigenvalue weighted by atomic mass is 16.5. The van der Waals surface area contributed by atoms with Crippen molar-refractivity contribution >= 4 is 0 Å². The van der Waals surface area contributed by atoms with Crippen LogP contribution in [0.2, 0.25) is 0 Å². The Kier molecular flexibility index (Phi) is 6.48. The highest BCUT2D eigenvalue weighted by Gasteiger charge is 2.37. The van der Waals surface area contributed by atoms with Gasteiger partial charge >= 0.3 is 0 Å². The molecule has 0 N–H and O–H groups in total. The van der Waals surface area contributed by atoms with Gasteiger partial charge in [-0.15, -0.1) is 0 Å². The monoisotopic (exact) mass is 280 g/mol. The summed E-state index contributed by atoms with van der Waals surface area (Å²) in [4.78, 5) is 2.34. The molecule has 0 aromatic heterocycles. The van der Waals surface area contributed by atoms with Gasteiger partial charge in [0.1, 0.15) is 0 Å². The standard InChI is InChI=1S/C17H32N2O/c1-13(2)20-10-9-19(6)16-11-15(17(3,4)5)8-7-14(16)12-18/h13-16H,7-11H2,1-6H3. The molecule has 0 spiro atoms. The first-order valence-corrected chi connectivity index (χ1v) is 7.97. The minimum atomic E-state index is 0.178. The number of hydrogen-bond donors (Lipinski definition) is 0. The van der Waals surface area contributed by atoms with Gasteiger partial charge in [0, 0.05) is 12.6 Å². The Bertz CT molecular complexity index is 327. The second-order valence-corrected chi connectivity index (χ2v) is 7.58. The van der Waals surface area contributed by atoms with Gasteiger partial charge in [-0.2, -0.15) is 5.26 Å². The third kappa shape index (κ3) is 5.07. The summed E-state index contributed by atoms with van der Waals surface area (Å²) in [6.07, 6.45) is 3.65. The number of nitrogens with zero attached hydrogens (tertiary/aromatic N) is 2. The first kappa shape index (κ1) is 17.5. The van der Waals surface area contributed by atoms with E-state index in [9.17, 15) is 5.26 Å². The highest BCUT2D eigenvalue weighted by molar-refractivity contribution is 4.98. The van der Waals surface area contributed by atoms with Crippen LogP contribution in [0.5, 0.6) is 0 Å². The third-order valence-corrected chi connectivity index (χ3v) is 4.67. The van der Waals surface area contributed by atoms with Crippen molar-refractivity contribution in [2.45, 2.75) is 66.0 Å². The maximum Gasteiger partial charge on any atom is 0.0672 e. The Morgan fingerprint density at radius 1 is 1.30 bits per heavy atom. The molecule has 3 nitrogen and oxygen atoms in total. The van der Waals surface area contributed by atoms with Crippen LogP contribution in [0.3, 0.4) is 0 Å². The fraction of sp³-hybridized carbons (Fsp3) is 0.941. The van der Waals surface area contributed by atoms with Crippen LogP contribution in [0.1, 0.15) is 53.9 Å². The first-order chi connectivity index (χ1) is 9.25. The fourth-order valence-electron chi connectivity index (χ4n) is 3.17. The zero-order chi connectivity index (χ0) is 15.3. The lowest BCUT2D eigenvalue weighted by molar-refractivity contribution is 0.0301. The second kappa shape index (κ2) is 7.43. The lowest BCUT2D eigenvalue weighted by atomic mass is 9.68.